The Kier molecular flexibility index (Phi) is 6.12. The molecule has 4 rings (SSSR count). The van der Waals surface area contributed by atoms with Gasteiger partial charge in [0.05, 0.1) is 13.7 Å². The number of fused-ring (bicyclic) bond motifs is 1. The molecule has 166 valence electrons. The van der Waals surface area contributed by atoms with Crippen LogP contribution in [0.1, 0.15) is 46.5 Å². The highest BCUT2D eigenvalue weighted by Gasteiger charge is 2.56. The number of methoxy groups -OCH3 is 1. The van der Waals surface area contributed by atoms with E-state index in [-0.39, 0.29) is 17.0 Å². The molecule has 2 heterocycles. The Morgan fingerprint density at radius 2 is 1.61 bits per heavy atom. The number of rotatable bonds is 6. The molecule has 4 nitrogen and oxygen atoms in total. The lowest BCUT2D eigenvalue weighted by Crippen LogP contribution is -2.67. The number of esters is 1. The van der Waals surface area contributed by atoms with Crippen molar-refractivity contribution in [1.29, 1.82) is 0 Å². The number of carbonyl (C=O) groups is 1. The zero-order valence-electron chi connectivity index (χ0n) is 19.3. The van der Waals surface area contributed by atoms with Crippen LogP contribution in [0.2, 0.25) is 5.04 Å². The predicted molar refractivity (Wildman–Crippen MR) is 127 cm³/mol. The summed E-state index contributed by atoms with van der Waals surface area (Å²) in [6.45, 7) is 8.52. The minimum atomic E-state index is -2.56. The summed E-state index contributed by atoms with van der Waals surface area (Å²) >= 11 is 0. The number of nitrogens with zero attached hydrogens (tertiary/aromatic N) is 1. The molecule has 0 bridgehead atoms. The fourth-order valence-electron chi connectivity index (χ4n) is 5.93. The topological polar surface area (TPSA) is 38.8 Å². The molecule has 2 aromatic carbocycles. The van der Waals surface area contributed by atoms with E-state index in [1.54, 1.807) is 0 Å². The van der Waals surface area contributed by atoms with Crippen molar-refractivity contribution in [2.24, 2.45) is 0 Å². The number of ether oxygens (including phenoxy) is 1. The smallest absolute Gasteiger partial charge is 0.326 e. The van der Waals surface area contributed by atoms with E-state index in [0.29, 0.717) is 6.61 Å². The van der Waals surface area contributed by atoms with E-state index in [0.717, 1.165) is 32.2 Å². The van der Waals surface area contributed by atoms with E-state index in [9.17, 15) is 4.79 Å². The lowest BCUT2D eigenvalue weighted by Gasteiger charge is -2.44. The van der Waals surface area contributed by atoms with Gasteiger partial charge in [0.2, 0.25) is 0 Å². The zero-order chi connectivity index (χ0) is 22.1. The summed E-state index contributed by atoms with van der Waals surface area (Å²) < 4.78 is 12.4. The second kappa shape index (κ2) is 8.53. The molecule has 0 aromatic heterocycles. The summed E-state index contributed by atoms with van der Waals surface area (Å²) in [6, 6.07) is 21.8. The van der Waals surface area contributed by atoms with E-state index in [1.807, 2.05) is 0 Å². The van der Waals surface area contributed by atoms with Gasteiger partial charge in [-0.25, -0.2) is 0 Å². The largest absolute Gasteiger partial charge is 0.468 e. The molecule has 2 aromatic rings. The van der Waals surface area contributed by atoms with E-state index in [2.05, 4.69) is 86.3 Å². The Morgan fingerprint density at radius 3 is 2.13 bits per heavy atom. The quantitative estimate of drug-likeness (QED) is 0.510. The van der Waals surface area contributed by atoms with Crippen molar-refractivity contribution >= 4 is 24.7 Å². The van der Waals surface area contributed by atoms with Crippen molar-refractivity contribution in [1.82, 2.24) is 4.90 Å². The number of hydrogen-bond donors (Lipinski definition) is 0. The van der Waals surface area contributed by atoms with Gasteiger partial charge in [-0.1, -0.05) is 81.4 Å². The molecule has 0 radical (unpaired) electrons. The van der Waals surface area contributed by atoms with E-state index >= 15 is 0 Å². The normalized spacial score (nSPS) is 24.2. The van der Waals surface area contributed by atoms with Crippen molar-refractivity contribution in [3.8, 4) is 0 Å². The minimum absolute atomic E-state index is 0.0429. The van der Waals surface area contributed by atoms with Crippen LogP contribution in [0.25, 0.3) is 0 Å². The van der Waals surface area contributed by atoms with Crippen LogP contribution in [0.15, 0.2) is 60.7 Å². The molecule has 1 unspecified atom stereocenters. The molecule has 0 N–H and O–H groups in total. The van der Waals surface area contributed by atoms with Gasteiger partial charge in [-0.2, -0.15) is 0 Å². The number of carbonyl (C=O) groups excluding carboxylic acids is 1. The van der Waals surface area contributed by atoms with Crippen LogP contribution in [0, 0.1) is 0 Å². The van der Waals surface area contributed by atoms with Gasteiger partial charge < -0.3 is 9.16 Å². The van der Waals surface area contributed by atoms with Gasteiger partial charge in [0, 0.05) is 6.04 Å². The summed E-state index contributed by atoms with van der Waals surface area (Å²) in [5, 5.41) is 2.55. The van der Waals surface area contributed by atoms with Crippen LogP contribution >= 0.6 is 0 Å². The number of hydrogen-bond acceptors (Lipinski definition) is 4. The van der Waals surface area contributed by atoms with Crippen LogP contribution < -0.4 is 10.4 Å². The third kappa shape index (κ3) is 3.67. The predicted octanol–water partition coefficient (Wildman–Crippen LogP) is 3.73. The molecule has 0 spiro atoms. The highest BCUT2D eigenvalue weighted by atomic mass is 28.4. The Balaban J connectivity index is 1.69. The van der Waals surface area contributed by atoms with Gasteiger partial charge in [0.25, 0.3) is 8.32 Å². The highest BCUT2D eigenvalue weighted by Crippen LogP contribution is 2.44. The highest BCUT2D eigenvalue weighted by molar-refractivity contribution is 6.99. The maximum absolute atomic E-state index is 12.7. The summed E-state index contributed by atoms with van der Waals surface area (Å²) in [4.78, 5) is 15.1. The Morgan fingerprint density at radius 1 is 1.03 bits per heavy atom. The fraction of sp³-hybridized carbons (Fsp3) is 0.500. The molecular weight excluding hydrogens is 402 g/mol. The van der Waals surface area contributed by atoms with E-state index in [4.69, 9.17) is 9.16 Å². The van der Waals surface area contributed by atoms with Gasteiger partial charge in [-0.05, 0) is 47.6 Å². The number of benzene rings is 2. The van der Waals surface area contributed by atoms with Gasteiger partial charge in [-0.15, -0.1) is 0 Å². The van der Waals surface area contributed by atoms with Crippen molar-refractivity contribution in [3.63, 3.8) is 0 Å². The first kappa shape index (κ1) is 22.2. The van der Waals surface area contributed by atoms with Gasteiger partial charge in [0.1, 0.15) is 5.54 Å². The molecule has 2 atom stereocenters. The van der Waals surface area contributed by atoms with Crippen LogP contribution in [-0.2, 0) is 14.0 Å². The Bertz CT molecular complexity index is 856. The second-order valence-corrected chi connectivity index (χ2v) is 14.3. The minimum Gasteiger partial charge on any atom is -0.468 e. The SMILES string of the molecule is COC(=O)C12CCCN1[C@@H](CO[Si](c1ccccc1)(c1ccccc1)C(C)(C)C)CC2. The maximum atomic E-state index is 12.7. The third-order valence-electron chi connectivity index (χ3n) is 7.35. The average molecular weight is 438 g/mol. The van der Waals surface area contributed by atoms with Crippen LogP contribution in [0.3, 0.4) is 0 Å². The standard InChI is InChI=1S/C26H35NO3Si/c1-25(2,3)31(22-12-7-5-8-13-22,23-14-9-6-10-15-23)30-20-21-16-18-26(24(28)29-4)17-11-19-27(21)26/h5-10,12-15,21H,11,16-20H2,1-4H3/t21-,26?/m1/s1. The molecule has 0 aliphatic carbocycles. The molecule has 2 saturated heterocycles. The van der Waals surface area contributed by atoms with Crippen molar-refractivity contribution in [2.75, 3.05) is 20.3 Å². The molecule has 2 aliphatic rings. The van der Waals surface area contributed by atoms with Crippen LogP contribution in [-0.4, -0.2) is 51.0 Å². The molecule has 31 heavy (non-hydrogen) atoms. The maximum Gasteiger partial charge on any atom is 0.326 e. The Hall–Kier alpha value is -1.95. The van der Waals surface area contributed by atoms with Crippen molar-refractivity contribution < 1.29 is 14.0 Å². The molecule has 2 aliphatic heterocycles. The molecule has 0 saturated carbocycles. The van der Waals surface area contributed by atoms with Gasteiger partial charge >= 0.3 is 5.97 Å². The first-order valence-electron chi connectivity index (χ1n) is 11.5. The van der Waals surface area contributed by atoms with Crippen LogP contribution in [0.4, 0.5) is 0 Å². The summed E-state index contributed by atoms with van der Waals surface area (Å²) in [7, 11) is -1.05. The summed E-state index contributed by atoms with van der Waals surface area (Å²) in [5.41, 5.74) is -0.436. The lowest BCUT2D eigenvalue weighted by atomic mass is 9.94. The van der Waals surface area contributed by atoms with Gasteiger partial charge in [-0.3, -0.25) is 9.69 Å². The van der Waals surface area contributed by atoms with Crippen LogP contribution in [0.5, 0.6) is 0 Å². The van der Waals surface area contributed by atoms with E-state index in [1.165, 1.54) is 17.5 Å². The summed E-state index contributed by atoms with van der Waals surface area (Å²) in [6.07, 6.45) is 3.79. The molecule has 5 heteroatoms. The van der Waals surface area contributed by atoms with E-state index < -0.39 is 13.9 Å². The molecular formula is C26H35NO3Si. The van der Waals surface area contributed by atoms with Crippen molar-refractivity contribution in [3.05, 3.63) is 60.7 Å². The fourth-order valence-corrected chi connectivity index (χ4v) is 10.5. The molecule has 2 fully saturated rings. The van der Waals surface area contributed by atoms with Gasteiger partial charge in [0.15, 0.2) is 0 Å². The first-order valence-corrected chi connectivity index (χ1v) is 13.4. The first-order chi connectivity index (χ1) is 14.8. The zero-order valence-corrected chi connectivity index (χ0v) is 20.3. The lowest BCUT2D eigenvalue weighted by molar-refractivity contribution is -0.152. The average Bonchev–Trinajstić information content (AvgIpc) is 3.35. The summed E-state index contributed by atoms with van der Waals surface area (Å²) in [5.74, 6) is -0.0713. The Labute approximate surface area is 187 Å². The molecule has 0 amide bonds. The monoisotopic (exact) mass is 437 g/mol. The third-order valence-corrected chi connectivity index (χ3v) is 12.4. The van der Waals surface area contributed by atoms with Crippen molar-refractivity contribution in [2.45, 2.75) is 63.1 Å². The second-order valence-electron chi connectivity index (χ2n) is 9.99.